The molecular formula is C31H32F3N5O6. The highest BCUT2D eigenvalue weighted by molar-refractivity contribution is 5.96. The summed E-state index contributed by atoms with van der Waals surface area (Å²) in [5.41, 5.74) is 3.35. The predicted molar refractivity (Wildman–Crippen MR) is 155 cm³/mol. The number of esters is 1. The molecule has 0 saturated carbocycles. The maximum absolute atomic E-state index is 15.1. The summed E-state index contributed by atoms with van der Waals surface area (Å²) in [4.78, 5) is 56.9. The van der Waals surface area contributed by atoms with E-state index in [1.165, 1.54) is 23.6 Å². The van der Waals surface area contributed by atoms with Gasteiger partial charge < -0.3 is 30.8 Å². The molecule has 3 aliphatic rings. The van der Waals surface area contributed by atoms with E-state index >= 15 is 4.39 Å². The van der Waals surface area contributed by atoms with Crippen molar-refractivity contribution in [2.75, 3.05) is 0 Å². The first kappa shape index (κ1) is 30.7. The van der Waals surface area contributed by atoms with Gasteiger partial charge in [-0.25, -0.2) is 22.9 Å². The second kappa shape index (κ2) is 10.4. The predicted octanol–water partition coefficient (Wildman–Crippen LogP) is 2.12. The third-order valence-electron chi connectivity index (χ3n) is 9.39. The summed E-state index contributed by atoms with van der Waals surface area (Å²) in [6.07, 6.45) is -2.85. The van der Waals surface area contributed by atoms with Gasteiger partial charge in [-0.2, -0.15) is 0 Å². The number of carbonyl (C=O) groups is 3. The molecule has 4 heterocycles. The lowest BCUT2D eigenvalue weighted by molar-refractivity contribution is -0.172. The molecule has 0 bridgehead atoms. The smallest absolute Gasteiger partial charge is 0.343 e. The molecule has 1 aliphatic carbocycles. The number of cyclic esters (lactones) is 1. The topological polar surface area (TPSA) is 166 Å². The Morgan fingerprint density at radius 3 is 2.62 bits per heavy atom. The Hall–Kier alpha value is -4.30. The fourth-order valence-corrected chi connectivity index (χ4v) is 6.59. The first-order valence-electron chi connectivity index (χ1n) is 14.6. The van der Waals surface area contributed by atoms with Gasteiger partial charge in [0.15, 0.2) is 11.1 Å². The molecule has 3 aromatic rings. The molecule has 6 rings (SSSR count). The van der Waals surface area contributed by atoms with Crippen LogP contribution >= 0.6 is 0 Å². The molecule has 2 aliphatic heterocycles. The van der Waals surface area contributed by atoms with Crippen LogP contribution in [0.5, 0.6) is 0 Å². The number of hydrogen-bond donors (Lipinski definition) is 4. The van der Waals surface area contributed by atoms with Crippen LogP contribution in [0.4, 0.5) is 13.2 Å². The van der Waals surface area contributed by atoms with Crippen molar-refractivity contribution in [2.45, 2.75) is 89.8 Å². The Labute approximate surface area is 254 Å². The van der Waals surface area contributed by atoms with Gasteiger partial charge in [-0.3, -0.25) is 14.4 Å². The highest BCUT2D eigenvalue weighted by Gasteiger charge is 2.48. The largest absolute Gasteiger partial charge is 0.458 e. The number of nitrogens with one attached hydrogen (secondary N) is 2. The molecule has 2 amide bonds. The summed E-state index contributed by atoms with van der Waals surface area (Å²) in [5.74, 6) is -3.48. The monoisotopic (exact) mass is 627 g/mol. The minimum atomic E-state index is -3.29. The minimum Gasteiger partial charge on any atom is -0.458 e. The van der Waals surface area contributed by atoms with Crippen LogP contribution in [0.2, 0.25) is 0 Å². The maximum atomic E-state index is 15.1. The Kier molecular flexibility index (Phi) is 7.08. The van der Waals surface area contributed by atoms with Crippen molar-refractivity contribution in [1.29, 1.82) is 0 Å². The van der Waals surface area contributed by atoms with Crippen molar-refractivity contribution in [3.63, 3.8) is 0 Å². The number of aryl methyl sites for hydroxylation is 1. The molecule has 4 atom stereocenters. The molecule has 45 heavy (non-hydrogen) atoms. The van der Waals surface area contributed by atoms with Crippen LogP contribution in [0.15, 0.2) is 16.9 Å². The first-order chi connectivity index (χ1) is 21.1. The lowest BCUT2D eigenvalue weighted by Gasteiger charge is -2.34. The quantitative estimate of drug-likeness (QED) is 0.236. The zero-order valence-electron chi connectivity index (χ0n) is 25.0. The highest BCUT2D eigenvalue weighted by atomic mass is 19.3. The molecule has 1 aromatic carbocycles. The summed E-state index contributed by atoms with van der Waals surface area (Å²) < 4.78 is 50.3. The van der Waals surface area contributed by atoms with Crippen LogP contribution in [-0.4, -0.2) is 50.4 Å². The SMILES string of the molecule is CCC1(O)C(=O)OCc2c1cc1n(c2=O)Cc2c-1nc1cc(F)c(C)c3c1c2C(NC(=O)C(C)(NC(=O)C(C)N)C(F)F)CC3. The number of halogens is 3. The van der Waals surface area contributed by atoms with Crippen molar-refractivity contribution in [1.82, 2.24) is 20.2 Å². The zero-order chi connectivity index (χ0) is 32.7. The number of carbonyl (C=O) groups excluding carboxylic acids is 3. The minimum absolute atomic E-state index is 0.0245. The first-order valence-corrected chi connectivity index (χ1v) is 14.6. The number of hydrogen-bond acceptors (Lipinski definition) is 8. The number of aromatic nitrogens is 2. The Balaban J connectivity index is 1.54. The summed E-state index contributed by atoms with van der Waals surface area (Å²) >= 11 is 0. The number of rotatable bonds is 6. The van der Waals surface area contributed by atoms with E-state index in [9.17, 15) is 33.1 Å². The molecular weight excluding hydrogens is 595 g/mol. The van der Waals surface area contributed by atoms with Crippen molar-refractivity contribution in [3.8, 4) is 11.4 Å². The summed E-state index contributed by atoms with van der Waals surface area (Å²) in [6.45, 7) is 5.05. The van der Waals surface area contributed by atoms with Crippen LogP contribution in [-0.2, 0) is 44.3 Å². The maximum Gasteiger partial charge on any atom is 0.343 e. The average molecular weight is 628 g/mol. The summed E-state index contributed by atoms with van der Waals surface area (Å²) in [5, 5.41) is 16.5. The molecule has 11 nitrogen and oxygen atoms in total. The Morgan fingerprint density at radius 1 is 1.27 bits per heavy atom. The summed E-state index contributed by atoms with van der Waals surface area (Å²) in [6, 6.07) is 0.730. The molecule has 0 spiro atoms. The van der Waals surface area contributed by atoms with Gasteiger partial charge in [-0.05, 0) is 62.8 Å². The number of amides is 2. The van der Waals surface area contributed by atoms with Crippen LogP contribution < -0.4 is 21.9 Å². The van der Waals surface area contributed by atoms with E-state index < -0.39 is 58.8 Å². The lowest BCUT2D eigenvalue weighted by Crippen LogP contribution is -2.63. The van der Waals surface area contributed by atoms with E-state index in [1.807, 2.05) is 0 Å². The van der Waals surface area contributed by atoms with E-state index in [-0.39, 0.29) is 54.0 Å². The molecule has 0 saturated heterocycles. The third-order valence-corrected chi connectivity index (χ3v) is 9.39. The normalized spacial score (nSPS) is 21.8. The number of alkyl halides is 2. The van der Waals surface area contributed by atoms with Crippen molar-refractivity contribution >= 4 is 28.7 Å². The van der Waals surface area contributed by atoms with E-state index in [4.69, 9.17) is 15.5 Å². The molecule has 2 aromatic heterocycles. The second-order valence-electron chi connectivity index (χ2n) is 12.2. The highest BCUT2D eigenvalue weighted by Crippen LogP contribution is 2.46. The van der Waals surface area contributed by atoms with Gasteiger partial charge in [0.2, 0.25) is 5.91 Å². The Morgan fingerprint density at radius 2 is 1.98 bits per heavy atom. The van der Waals surface area contributed by atoms with E-state index in [0.717, 1.165) is 6.92 Å². The van der Waals surface area contributed by atoms with Crippen LogP contribution in [0.1, 0.15) is 73.0 Å². The number of benzene rings is 1. The van der Waals surface area contributed by atoms with Crippen LogP contribution in [0.25, 0.3) is 22.3 Å². The van der Waals surface area contributed by atoms with Crippen LogP contribution in [0.3, 0.4) is 0 Å². The zero-order valence-corrected chi connectivity index (χ0v) is 25.0. The molecule has 0 radical (unpaired) electrons. The number of ether oxygens (including phenoxy) is 1. The number of nitrogens with two attached hydrogens (primary N) is 1. The van der Waals surface area contributed by atoms with Gasteiger partial charge >= 0.3 is 5.97 Å². The van der Waals surface area contributed by atoms with E-state index in [2.05, 4.69) is 10.6 Å². The number of fused-ring (bicyclic) bond motifs is 5. The summed E-state index contributed by atoms with van der Waals surface area (Å²) in [7, 11) is 0. The lowest BCUT2D eigenvalue weighted by atomic mass is 9.81. The molecule has 5 N–H and O–H groups in total. The van der Waals surface area contributed by atoms with Gasteiger partial charge in [0.25, 0.3) is 17.9 Å². The Bertz CT molecular complexity index is 1890. The van der Waals surface area contributed by atoms with E-state index in [0.29, 0.717) is 34.1 Å². The number of aliphatic hydroxyl groups is 1. The number of pyridine rings is 2. The van der Waals surface area contributed by atoms with Gasteiger partial charge in [0, 0.05) is 22.6 Å². The van der Waals surface area contributed by atoms with Gasteiger partial charge in [-0.15, -0.1) is 0 Å². The second-order valence-corrected chi connectivity index (χ2v) is 12.2. The third kappa shape index (κ3) is 4.36. The fraction of sp³-hybridized carbons (Fsp3) is 0.452. The average Bonchev–Trinajstić information content (AvgIpc) is 3.36. The molecule has 238 valence electrons. The standard InChI is InChI=1S/C31H32F3N5O6/c1-5-31(44)17-8-21-24-15(10-39(21)26(41)16(17)11-45-29(31)43)23-19(7-6-14-12(2)18(32)9-20(36-24)22(14)23)37-28(42)30(4,27(33)34)38-25(40)13(3)35/h8-9,13,19,27,44H,5-7,10-11,35H2,1-4H3,(H,37,42)(H,38,40). The van der Waals surface area contributed by atoms with Gasteiger partial charge in [-0.1, -0.05) is 6.92 Å². The molecule has 0 fully saturated rings. The van der Waals surface area contributed by atoms with Gasteiger partial charge in [0.1, 0.15) is 12.4 Å². The number of nitrogens with zero attached hydrogens (tertiary/aromatic N) is 2. The van der Waals surface area contributed by atoms with Gasteiger partial charge in [0.05, 0.1) is 41.1 Å². The molecule has 4 unspecified atom stereocenters. The van der Waals surface area contributed by atoms with Crippen molar-refractivity contribution < 1.29 is 37.4 Å². The fourth-order valence-electron chi connectivity index (χ4n) is 6.59. The molecule has 14 heteroatoms. The van der Waals surface area contributed by atoms with Crippen LogP contribution in [0, 0.1) is 12.7 Å². The van der Waals surface area contributed by atoms with E-state index in [1.54, 1.807) is 13.8 Å². The van der Waals surface area contributed by atoms with Crippen molar-refractivity contribution in [2.24, 2.45) is 5.73 Å². The van der Waals surface area contributed by atoms with Crippen molar-refractivity contribution in [3.05, 3.63) is 61.7 Å².